The first kappa shape index (κ1) is 21.3. The predicted molar refractivity (Wildman–Crippen MR) is 122 cm³/mol. The molecular formula is C23H38N6O. The summed E-state index contributed by atoms with van der Waals surface area (Å²) in [5.41, 5.74) is 2.25. The molecule has 0 aromatic carbocycles. The monoisotopic (exact) mass is 414 g/mol. The third-order valence-electron chi connectivity index (χ3n) is 7.08. The average Bonchev–Trinajstić information content (AvgIpc) is 3.32. The lowest BCUT2D eigenvalue weighted by atomic mass is 9.89. The minimum absolute atomic E-state index is 0.0697. The zero-order valence-electron chi connectivity index (χ0n) is 19.0. The van der Waals surface area contributed by atoms with E-state index in [1.807, 2.05) is 7.05 Å². The maximum Gasteiger partial charge on any atom is 0.278 e. The van der Waals surface area contributed by atoms with E-state index >= 15 is 0 Å². The molecule has 1 atom stereocenters. The van der Waals surface area contributed by atoms with Crippen LogP contribution in [-0.4, -0.2) is 56.9 Å². The summed E-state index contributed by atoms with van der Waals surface area (Å²) >= 11 is 0. The first-order valence-corrected chi connectivity index (χ1v) is 12.1. The van der Waals surface area contributed by atoms with Gasteiger partial charge in [0, 0.05) is 26.2 Å². The molecule has 1 aliphatic carbocycles. The first-order chi connectivity index (χ1) is 14.6. The number of H-pyrrole nitrogens is 1. The van der Waals surface area contributed by atoms with Gasteiger partial charge in [-0.15, -0.1) is 0 Å². The third kappa shape index (κ3) is 4.41. The van der Waals surface area contributed by atoms with Gasteiger partial charge >= 0.3 is 0 Å². The second kappa shape index (κ2) is 9.50. The number of aromatic amines is 1. The SMILES string of the molecule is CCCc1nn(C)c2c(=O)[nH]c(N(CC3CCCCC3)CC3CCCN3CC)nc12. The maximum atomic E-state index is 13.0. The van der Waals surface area contributed by atoms with Crippen molar-refractivity contribution in [2.75, 3.05) is 31.1 Å². The highest BCUT2D eigenvalue weighted by Gasteiger charge is 2.28. The van der Waals surface area contributed by atoms with Crippen LogP contribution in [0.4, 0.5) is 5.95 Å². The lowest BCUT2D eigenvalue weighted by Crippen LogP contribution is -2.43. The molecule has 0 radical (unpaired) electrons. The first-order valence-electron chi connectivity index (χ1n) is 12.1. The summed E-state index contributed by atoms with van der Waals surface area (Å²) < 4.78 is 1.69. The van der Waals surface area contributed by atoms with Gasteiger partial charge in [-0.2, -0.15) is 5.10 Å². The van der Waals surface area contributed by atoms with Crippen molar-refractivity contribution < 1.29 is 0 Å². The van der Waals surface area contributed by atoms with Gasteiger partial charge in [-0.1, -0.05) is 39.5 Å². The van der Waals surface area contributed by atoms with Gasteiger partial charge in [-0.25, -0.2) is 4.98 Å². The molecule has 1 unspecified atom stereocenters. The van der Waals surface area contributed by atoms with Crippen molar-refractivity contribution in [3.05, 3.63) is 16.0 Å². The van der Waals surface area contributed by atoms with E-state index in [-0.39, 0.29) is 5.56 Å². The number of rotatable bonds is 8. The quantitative estimate of drug-likeness (QED) is 0.716. The van der Waals surface area contributed by atoms with Gasteiger partial charge in [0.15, 0.2) is 5.52 Å². The fraction of sp³-hybridized carbons (Fsp3) is 0.783. The molecule has 0 bridgehead atoms. The Morgan fingerprint density at radius 2 is 1.90 bits per heavy atom. The molecule has 7 nitrogen and oxygen atoms in total. The van der Waals surface area contributed by atoms with Gasteiger partial charge in [0.1, 0.15) is 5.52 Å². The number of aryl methyl sites for hydroxylation is 2. The van der Waals surface area contributed by atoms with E-state index in [4.69, 9.17) is 4.98 Å². The van der Waals surface area contributed by atoms with Gasteiger partial charge in [0.25, 0.3) is 5.56 Å². The summed E-state index contributed by atoms with van der Waals surface area (Å²) in [6, 6.07) is 0.545. The molecule has 2 fully saturated rings. The Labute approximate surface area is 179 Å². The third-order valence-corrected chi connectivity index (χ3v) is 7.08. The normalized spacial score (nSPS) is 21.0. The minimum Gasteiger partial charge on any atom is -0.340 e. The molecule has 2 aromatic heterocycles. The van der Waals surface area contributed by atoms with Crippen molar-refractivity contribution in [1.82, 2.24) is 24.6 Å². The molecule has 2 aliphatic rings. The molecule has 30 heavy (non-hydrogen) atoms. The fourth-order valence-electron chi connectivity index (χ4n) is 5.49. The lowest BCUT2D eigenvalue weighted by molar-refractivity contribution is 0.262. The van der Waals surface area contributed by atoms with E-state index in [1.165, 1.54) is 51.5 Å². The summed E-state index contributed by atoms with van der Waals surface area (Å²) in [5.74, 6) is 1.44. The number of fused-ring (bicyclic) bond motifs is 1. The smallest absolute Gasteiger partial charge is 0.278 e. The molecule has 166 valence electrons. The highest BCUT2D eigenvalue weighted by atomic mass is 16.1. The molecule has 1 N–H and O–H groups in total. The largest absolute Gasteiger partial charge is 0.340 e. The zero-order chi connectivity index (χ0) is 21.1. The molecule has 1 saturated carbocycles. The van der Waals surface area contributed by atoms with E-state index in [1.54, 1.807) is 4.68 Å². The molecule has 7 heteroatoms. The number of likely N-dealkylation sites (tertiary alicyclic amines) is 1. The van der Waals surface area contributed by atoms with Crippen molar-refractivity contribution in [3.8, 4) is 0 Å². The van der Waals surface area contributed by atoms with Crippen LogP contribution in [0.15, 0.2) is 4.79 Å². The van der Waals surface area contributed by atoms with E-state index in [2.05, 4.69) is 33.7 Å². The second-order valence-corrected chi connectivity index (χ2v) is 9.24. The van der Waals surface area contributed by atoms with Crippen LogP contribution >= 0.6 is 0 Å². The van der Waals surface area contributed by atoms with Gasteiger partial charge in [-0.3, -0.25) is 19.4 Å². The molecule has 2 aromatic rings. The highest BCUT2D eigenvalue weighted by molar-refractivity contribution is 5.77. The van der Waals surface area contributed by atoms with Crippen LogP contribution in [0.1, 0.15) is 70.9 Å². The van der Waals surface area contributed by atoms with Crippen LogP contribution in [0.25, 0.3) is 11.0 Å². The Kier molecular flexibility index (Phi) is 6.76. The molecular weight excluding hydrogens is 376 g/mol. The van der Waals surface area contributed by atoms with Crippen LogP contribution in [0.2, 0.25) is 0 Å². The van der Waals surface area contributed by atoms with Gasteiger partial charge in [0.05, 0.1) is 5.69 Å². The summed E-state index contributed by atoms with van der Waals surface area (Å²) in [6.07, 6.45) is 10.9. The zero-order valence-corrected chi connectivity index (χ0v) is 19.0. The second-order valence-electron chi connectivity index (χ2n) is 9.24. The van der Waals surface area contributed by atoms with Crippen LogP contribution in [-0.2, 0) is 13.5 Å². The lowest BCUT2D eigenvalue weighted by Gasteiger charge is -2.34. The number of nitrogens with one attached hydrogen (secondary N) is 1. The predicted octanol–water partition coefficient (Wildman–Crippen LogP) is 3.48. The number of hydrogen-bond acceptors (Lipinski definition) is 5. The van der Waals surface area contributed by atoms with Crippen molar-refractivity contribution in [1.29, 1.82) is 0 Å². The molecule has 1 aliphatic heterocycles. The van der Waals surface area contributed by atoms with Crippen LogP contribution in [0.5, 0.6) is 0 Å². The number of hydrogen-bond donors (Lipinski definition) is 1. The highest BCUT2D eigenvalue weighted by Crippen LogP contribution is 2.27. The minimum atomic E-state index is -0.0697. The van der Waals surface area contributed by atoms with Crippen molar-refractivity contribution in [3.63, 3.8) is 0 Å². The number of anilines is 1. The number of nitrogens with zero attached hydrogens (tertiary/aromatic N) is 5. The topological polar surface area (TPSA) is 70.1 Å². The molecule has 4 rings (SSSR count). The summed E-state index contributed by atoms with van der Waals surface area (Å²) in [4.78, 5) is 26.1. The van der Waals surface area contributed by atoms with Crippen molar-refractivity contribution in [2.45, 2.75) is 77.7 Å². The molecule has 0 spiro atoms. The van der Waals surface area contributed by atoms with Crippen LogP contribution < -0.4 is 10.5 Å². The Morgan fingerprint density at radius 1 is 1.10 bits per heavy atom. The van der Waals surface area contributed by atoms with Crippen LogP contribution in [0, 0.1) is 5.92 Å². The number of aromatic nitrogens is 4. The molecule has 1 saturated heterocycles. The maximum absolute atomic E-state index is 13.0. The van der Waals surface area contributed by atoms with Crippen molar-refractivity contribution >= 4 is 17.0 Å². The van der Waals surface area contributed by atoms with Gasteiger partial charge < -0.3 is 4.90 Å². The van der Waals surface area contributed by atoms with Gasteiger partial charge in [-0.05, 0) is 51.1 Å². The van der Waals surface area contributed by atoms with E-state index in [0.717, 1.165) is 49.6 Å². The van der Waals surface area contributed by atoms with E-state index in [0.29, 0.717) is 17.5 Å². The van der Waals surface area contributed by atoms with Crippen molar-refractivity contribution in [2.24, 2.45) is 13.0 Å². The molecule has 0 amide bonds. The summed E-state index contributed by atoms with van der Waals surface area (Å²) in [6.45, 7) is 8.61. The standard InChI is InChI=1S/C23H38N6O/c1-4-10-19-20-21(27(3)26-19)22(30)25-23(24-20)29(15-17-11-7-6-8-12-17)16-18-13-9-14-28(18)5-2/h17-18H,4-16H2,1-3H3,(H,24,25,30). The Bertz CT molecular complexity index is 897. The van der Waals surface area contributed by atoms with E-state index in [9.17, 15) is 4.79 Å². The Hall–Kier alpha value is -1.89. The molecule has 3 heterocycles. The summed E-state index contributed by atoms with van der Waals surface area (Å²) in [7, 11) is 1.84. The van der Waals surface area contributed by atoms with Crippen LogP contribution in [0.3, 0.4) is 0 Å². The fourth-order valence-corrected chi connectivity index (χ4v) is 5.49. The van der Waals surface area contributed by atoms with E-state index < -0.39 is 0 Å². The Balaban J connectivity index is 1.68. The van der Waals surface area contributed by atoms with Gasteiger partial charge in [0.2, 0.25) is 5.95 Å². The average molecular weight is 415 g/mol. The summed E-state index contributed by atoms with van der Waals surface area (Å²) in [5, 5.41) is 4.59. The number of likely N-dealkylation sites (N-methyl/N-ethyl adjacent to an activating group) is 1. The Morgan fingerprint density at radius 3 is 2.63 bits per heavy atom.